The molecule has 0 radical (unpaired) electrons. The van der Waals surface area contributed by atoms with Crippen molar-refractivity contribution in [3.05, 3.63) is 70.8 Å². The molecule has 24 heavy (non-hydrogen) atoms. The SMILES string of the molecule is Cc1ccc(C2CN(C(=O)c3ccc(F)c(F)c3)CC(C)O2)cc1. The predicted molar refractivity (Wildman–Crippen MR) is 86.7 cm³/mol. The second-order valence-electron chi connectivity index (χ2n) is 6.19. The summed E-state index contributed by atoms with van der Waals surface area (Å²) < 4.78 is 32.4. The van der Waals surface area contributed by atoms with E-state index in [1.54, 1.807) is 4.90 Å². The summed E-state index contributed by atoms with van der Waals surface area (Å²) >= 11 is 0. The third-order valence-electron chi connectivity index (χ3n) is 4.16. The number of aryl methyl sites for hydroxylation is 1. The zero-order valence-corrected chi connectivity index (χ0v) is 13.6. The Morgan fingerprint density at radius 3 is 2.46 bits per heavy atom. The number of hydrogen-bond donors (Lipinski definition) is 0. The summed E-state index contributed by atoms with van der Waals surface area (Å²) in [6.45, 7) is 4.70. The van der Waals surface area contributed by atoms with E-state index >= 15 is 0 Å². The van der Waals surface area contributed by atoms with Crippen molar-refractivity contribution in [2.75, 3.05) is 13.1 Å². The Morgan fingerprint density at radius 2 is 1.79 bits per heavy atom. The highest BCUT2D eigenvalue weighted by atomic mass is 19.2. The number of rotatable bonds is 2. The molecular formula is C19H19F2NO2. The molecule has 2 atom stereocenters. The van der Waals surface area contributed by atoms with E-state index in [9.17, 15) is 13.6 Å². The Hall–Kier alpha value is -2.27. The van der Waals surface area contributed by atoms with Crippen LogP contribution in [0.5, 0.6) is 0 Å². The molecule has 1 aliphatic heterocycles. The number of carbonyl (C=O) groups is 1. The Balaban J connectivity index is 1.81. The molecule has 0 N–H and O–H groups in total. The molecule has 1 fully saturated rings. The van der Waals surface area contributed by atoms with Crippen molar-refractivity contribution in [3.8, 4) is 0 Å². The van der Waals surface area contributed by atoms with E-state index in [1.807, 2.05) is 38.1 Å². The van der Waals surface area contributed by atoms with Gasteiger partial charge in [0, 0.05) is 12.1 Å². The molecule has 126 valence electrons. The average molecular weight is 331 g/mol. The first-order valence-corrected chi connectivity index (χ1v) is 7.90. The third kappa shape index (κ3) is 3.46. The highest BCUT2D eigenvalue weighted by Gasteiger charge is 2.30. The molecule has 3 nitrogen and oxygen atoms in total. The summed E-state index contributed by atoms with van der Waals surface area (Å²) in [5, 5.41) is 0. The van der Waals surface area contributed by atoms with Crippen molar-refractivity contribution in [2.24, 2.45) is 0 Å². The molecule has 0 saturated carbocycles. The second kappa shape index (κ2) is 6.69. The molecule has 2 aromatic carbocycles. The van der Waals surface area contributed by atoms with Crippen molar-refractivity contribution < 1.29 is 18.3 Å². The van der Waals surface area contributed by atoms with Crippen LogP contribution in [0.4, 0.5) is 8.78 Å². The molecule has 1 aliphatic rings. The number of nitrogens with zero attached hydrogens (tertiary/aromatic N) is 1. The van der Waals surface area contributed by atoms with Crippen molar-refractivity contribution in [2.45, 2.75) is 26.1 Å². The summed E-state index contributed by atoms with van der Waals surface area (Å²) in [5.74, 6) is -2.29. The molecule has 0 aromatic heterocycles. The van der Waals surface area contributed by atoms with E-state index in [0.717, 1.165) is 23.3 Å². The van der Waals surface area contributed by atoms with Crippen LogP contribution < -0.4 is 0 Å². The second-order valence-corrected chi connectivity index (χ2v) is 6.19. The molecule has 5 heteroatoms. The van der Waals surface area contributed by atoms with Gasteiger partial charge in [-0.05, 0) is 37.6 Å². The maximum atomic E-state index is 13.4. The molecule has 0 bridgehead atoms. The summed E-state index contributed by atoms with van der Waals surface area (Å²) in [5.41, 5.74) is 2.29. The van der Waals surface area contributed by atoms with Gasteiger partial charge in [-0.15, -0.1) is 0 Å². The van der Waals surface area contributed by atoms with E-state index in [4.69, 9.17) is 4.74 Å². The number of amides is 1. The van der Waals surface area contributed by atoms with Crippen molar-refractivity contribution in [1.82, 2.24) is 4.90 Å². The van der Waals surface area contributed by atoms with E-state index < -0.39 is 11.6 Å². The van der Waals surface area contributed by atoms with Gasteiger partial charge in [0.25, 0.3) is 5.91 Å². The Kier molecular flexibility index (Phi) is 4.62. The first kappa shape index (κ1) is 16.6. The molecule has 0 aliphatic carbocycles. The van der Waals surface area contributed by atoms with Crippen LogP contribution in [-0.4, -0.2) is 30.0 Å². The van der Waals surface area contributed by atoms with Crippen LogP contribution in [0.2, 0.25) is 0 Å². The lowest BCUT2D eigenvalue weighted by Gasteiger charge is -2.37. The number of carbonyl (C=O) groups excluding carboxylic acids is 1. The van der Waals surface area contributed by atoms with Gasteiger partial charge >= 0.3 is 0 Å². The molecule has 0 spiro atoms. The maximum Gasteiger partial charge on any atom is 0.254 e. The van der Waals surface area contributed by atoms with Crippen molar-refractivity contribution in [1.29, 1.82) is 0 Å². The molecular weight excluding hydrogens is 312 g/mol. The number of hydrogen-bond acceptors (Lipinski definition) is 2. The fourth-order valence-electron chi connectivity index (χ4n) is 2.89. The smallest absolute Gasteiger partial charge is 0.254 e. The average Bonchev–Trinajstić information content (AvgIpc) is 2.57. The summed E-state index contributed by atoms with van der Waals surface area (Å²) in [6.07, 6.45) is -0.372. The van der Waals surface area contributed by atoms with Crippen LogP contribution in [0, 0.1) is 18.6 Å². The van der Waals surface area contributed by atoms with Gasteiger partial charge in [0.1, 0.15) is 6.10 Å². The highest BCUT2D eigenvalue weighted by Crippen LogP contribution is 2.26. The number of benzene rings is 2. The summed E-state index contributed by atoms with van der Waals surface area (Å²) in [4.78, 5) is 14.3. The van der Waals surface area contributed by atoms with E-state index in [0.29, 0.717) is 13.1 Å². The van der Waals surface area contributed by atoms with Gasteiger partial charge in [0.05, 0.1) is 12.6 Å². The fraction of sp³-hybridized carbons (Fsp3) is 0.316. The van der Waals surface area contributed by atoms with Crippen LogP contribution in [0.3, 0.4) is 0 Å². The zero-order valence-electron chi connectivity index (χ0n) is 13.6. The Morgan fingerprint density at radius 1 is 1.08 bits per heavy atom. The lowest BCUT2D eigenvalue weighted by atomic mass is 10.0. The molecule has 3 rings (SSSR count). The lowest BCUT2D eigenvalue weighted by molar-refractivity contribution is -0.0691. The van der Waals surface area contributed by atoms with Gasteiger partial charge in [-0.3, -0.25) is 4.79 Å². The number of halogens is 2. The predicted octanol–water partition coefficient (Wildman–Crippen LogP) is 3.88. The van der Waals surface area contributed by atoms with Gasteiger partial charge in [0.2, 0.25) is 0 Å². The quantitative estimate of drug-likeness (QED) is 0.836. The van der Waals surface area contributed by atoms with Crippen LogP contribution in [0.25, 0.3) is 0 Å². The molecule has 1 heterocycles. The molecule has 2 aromatic rings. The highest BCUT2D eigenvalue weighted by molar-refractivity contribution is 5.94. The Labute approximate surface area is 139 Å². The molecule has 1 amide bonds. The van der Waals surface area contributed by atoms with E-state index in [2.05, 4.69) is 0 Å². The molecule has 1 saturated heterocycles. The van der Waals surface area contributed by atoms with Gasteiger partial charge in [-0.2, -0.15) is 0 Å². The minimum atomic E-state index is -1.02. The van der Waals surface area contributed by atoms with Crippen molar-refractivity contribution in [3.63, 3.8) is 0 Å². The fourth-order valence-corrected chi connectivity index (χ4v) is 2.89. The third-order valence-corrected chi connectivity index (χ3v) is 4.16. The maximum absolute atomic E-state index is 13.4. The standard InChI is InChI=1S/C19H19F2NO2/c1-12-3-5-14(6-4-12)18-11-22(10-13(2)24-18)19(23)15-7-8-16(20)17(21)9-15/h3-9,13,18H,10-11H2,1-2H3. The number of morpholine rings is 1. The lowest BCUT2D eigenvalue weighted by Crippen LogP contribution is -2.46. The topological polar surface area (TPSA) is 29.5 Å². The van der Waals surface area contributed by atoms with Gasteiger partial charge in [0.15, 0.2) is 11.6 Å². The largest absolute Gasteiger partial charge is 0.367 e. The minimum absolute atomic E-state index is 0.140. The van der Waals surface area contributed by atoms with Crippen LogP contribution >= 0.6 is 0 Å². The van der Waals surface area contributed by atoms with E-state index in [-0.39, 0.29) is 23.7 Å². The van der Waals surface area contributed by atoms with Gasteiger partial charge in [-0.1, -0.05) is 29.8 Å². The van der Waals surface area contributed by atoms with Gasteiger partial charge in [-0.25, -0.2) is 8.78 Å². The van der Waals surface area contributed by atoms with Crippen LogP contribution in [0.15, 0.2) is 42.5 Å². The first-order chi connectivity index (χ1) is 11.4. The zero-order chi connectivity index (χ0) is 17.3. The monoisotopic (exact) mass is 331 g/mol. The summed E-state index contributed by atoms with van der Waals surface area (Å²) in [7, 11) is 0. The van der Waals surface area contributed by atoms with Crippen LogP contribution in [0.1, 0.15) is 34.5 Å². The minimum Gasteiger partial charge on any atom is -0.367 e. The van der Waals surface area contributed by atoms with Crippen LogP contribution in [-0.2, 0) is 4.74 Å². The summed E-state index contributed by atoms with van der Waals surface area (Å²) in [6, 6.07) is 11.2. The van der Waals surface area contributed by atoms with E-state index in [1.165, 1.54) is 6.07 Å². The Bertz CT molecular complexity index is 746. The first-order valence-electron chi connectivity index (χ1n) is 7.90. The molecule has 2 unspecified atom stereocenters. The normalized spacial score (nSPS) is 20.9. The van der Waals surface area contributed by atoms with Gasteiger partial charge < -0.3 is 9.64 Å². The number of ether oxygens (including phenoxy) is 1. The van der Waals surface area contributed by atoms with Crippen molar-refractivity contribution >= 4 is 5.91 Å².